The molecular formula is C18H36N4Na6O12. The van der Waals surface area contributed by atoms with Gasteiger partial charge in [0.2, 0.25) is 0 Å². The first-order valence-corrected chi connectivity index (χ1v) is 9.18. The number of nitrogens with one attached hydrogen (secondary N) is 2. The first-order chi connectivity index (χ1) is 15.3. The van der Waals surface area contributed by atoms with E-state index in [9.17, 15) is 0 Å². The average molecular weight is 638 g/mol. The molecule has 0 aromatic rings. The summed E-state index contributed by atoms with van der Waals surface area (Å²) in [6.45, 7) is 11.0. The van der Waals surface area contributed by atoms with E-state index in [4.69, 9.17) is 70.9 Å². The number of hydrogen-bond donors (Lipinski definition) is 4. The zero-order valence-electron chi connectivity index (χ0n) is 26.3. The monoisotopic (exact) mass is 638 g/mol. The molecule has 0 fully saturated rings. The molecule has 6 N–H and O–H groups in total. The summed E-state index contributed by atoms with van der Waals surface area (Å²) in [5.74, 6) is -6.50. The molecule has 0 aliphatic carbocycles. The number of aliphatic carboxylic acids is 6. The van der Waals surface area contributed by atoms with Crippen molar-refractivity contribution in [1.82, 2.24) is 10.6 Å². The SMILES string of the molecule is CC(=O)[O-].CC(=O)[O-].CC(=O)[O-].CC(=O)[O-].CC(=O)[O-].CC(=O)[O-].NCCNCCNCCN.[Na+].[Na+].[Na+].[Na+].[Na+].[Na+]. The number of carboxylic acid groups (broad SMARTS) is 6. The van der Waals surface area contributed by atoms with E-state index in [-0.39, 0.29) is 177 Å². The van der Waals surface area contributed by atoms with Gasteiger partial charge in [-0.2, -0.15) is 0 Å². The quantitative estimate of drug-likeness (QED) is 0.148. The van der Waals surface area contributed by atoms with Crippen LogP contribution in [-0.4, -0.2) is 75.1 Å². The Balaban J connectivity index is -0.0000000196. The van der Waals surface area contributed by atoms with Crippen molar-refractivity contribution in [3.63, 3.8) is 0 Å². The summed E-state index contributed by atoms with van der Waals surface area (Å²) in [5.41, 5.74) is 10.5. The van der Waals surface area contributed by atoms with Crippen molar-refractivity contribution in [2.75, 3.05) is 39.3 Å². The van der Waals surface area contributed by atoms with E-state index in [0.717, 1.165) is 67.7 Å². The third-order valence-corrected chi connectivity index (χ3v) is 1.12. The predicted molar refractivity (Wildman–Crippen MR) is 108 cm³/mol. The Labute approximate surface area is 369 Å². The van der Waals surface area contributed by atoms with E-state index in [2.05, 4.69) is 10.6 Å². The fourth-order valence-corrected chi connectivity index (χ4v) is 0.631. The number of nitrogens with two attached hydrogens (primary N) is 2. The van der Waals surface area contributed by atoms with E-state index < -0.39 is 35.8 Å². The van der Waals surface area contributed by atoms with Gasteiger partial charge in [-0.3, -0.25) is 0 Å². The summed E-state index contributed by atoms with van der Waals surface area (Å²) in [5, 5.41) is 59.7. The minimum atomic E-state index is -1.08. The topological polar surface area (TPSA) is 317 Å². The van der Waals surface area contributed by atoms with Crippen molar-refractivity contribution >= 4 is 35.8 Å². The molecule has 0 aliphatic heterocycles. The molecule has 22 heteroatoms. The van der Waals surface area contributed by atoms with Crippen LogP contribution in [0.25, 0.3) is 0 Å². The predicted octanol–water partition coefficient (Wildman–Crippen LogP) is -27.4. The van der Waals surface area contributed by atoms with Crippen LogP contribution in [0, 0.1) is 0 Å². The van der Waals surface area contributed by atoms with Crippen LogP contribution in [0.1, 0.15) is 41.5 Å². The molecule has 0 unspecified atom stereocenters. The van der Waals surface area contributed by atoms with Crippen LogP contribution in [0.3, 0.4) is 0 Å². The fraction of sp³-hybridized carbons (Fsp3) is 0.667. The van der Waals surface area contributed by atoms with Gasteiger partial charge in [0.1, 0.15) is 0 Å². The summed E-state index contributed by atoms with van der Waals surface area (Å²) in [4.78, 5) is 53.3. The van der Waals surface area contributed by atoms with Crippen LogP contribution in [-0.2, 0) is 28.8 Å². The molecular weight excluding hydrogens is 602 g/mol. The molecule has 16 nitrogen and oxygen atoms in total. The van der Waals surface area contributed by atoms with Gasteiger partial charge in [0, 0.05) is 75.1 Å². The molecule has 206 valence electrons. The van der Waals surface area contributed by atoms with Gasteiger partial charge in [-0.25, -0.2) is 0 Å². The zero-order valence-corrected chi connectivity index (χ0v) is 38.3. The second-order valence-electron chi connectivity index (χ2n) is 5.03. The number of carbonyl (C=O) groups is 6. The average Bonchev–Trinajstić information content (AvgIpc) is 2.55. The first-order valence-electron chi connectivity index (χ1n) is 9.18. The minimum absolute atomic E-state index is 0. The Hall–Kier alpha value is 2.66. The van der Waals surface area contributed by atoms with E-state index >= 15 is 0 Å². The third-order valence-electron chi connectivity index (χ3n) is 1.12. The maximum Gasteiger partial charge on any atom is 1.00 e. The Bertz CT molecular complexity index is 403. The van der Waals surface area contributed by atoms with Crippen LogP contribution < -0.4 is 230 Å². The number of rotatable bonds is 7. The first kappa shape index (κ1) is 84.2. The Morgan fingerprint density at radius 3 is 0.575 bits per heavy atom. The molecule has 0 bridgehead atoms. The maximum absolute atomic E-state index is 8.89. The van der Waals surface area contributed by atoms with Gasteiger partial charge in [0.15, 0.2) is 0 Å². The summed E-state index contributed by atoms with van der Waals surface area (Å²) >= 11 is 0. The largest absolute Gasteiger partial charge is 1.00 e. The Morgan fingerprint density at radius 1 is 0.400 bits per heavy atom. The van der Waals surface area contributed by atoms with E-state index in [0.29, 0.717) is 13.1 Å². The van der Waals surface area contributed by atoms with Crippen LogP contribution in [0.2, 0.25) is 0 Å². The molecule has 0 aliphatic rings. The van der Waals surface area contributed by atoms with Crippen molar-refractivity contribution in [2.45, 2.75) is 41.5 Å². The van der Waals surface area contributed by atoms with Gasteiger partial charge in [0.05, 0.1) is 0 Å². The molecule has 0 atom stereocenters. The summed E-state index contributed by atoms with van der Waals surface area (Å²) in [6, 6.07) is 0. The molecule has 0 spiro atoms. The van der Waals surface area contributed by atoms with Gasteiger partial charge in [-0.1, -0.05) is 0 Å². The van der Waals surface area contributed by atoms with E-state index in [1.165, 1.54) is 0 Å². The van der Waals surface area contributed by atoms with Crippen molar-refractivity contribution in [2.24, 2.45) is 11.5 Å². The zero-order chi connectivity index (χ0) is 29.1. The fourth-order valence-electron chi connectivity index (χ4n) is 0.631. The van der Waals surface area contributed by atoms with Gasteiger partial charge in [-0.05, 0) is 41.5 Å². The Morgan fingerprint density at radius 2 is 0.500 bits per heavy atom. The molecule has 0 saturated heterocycles. The van der Waals surface area contributed by atoms with Crippen molar-refractivity contribution in [3.8, 4) is 0 Å². The number of hydrogen-bond acceptors (Lipinski definition) is 16. The molecule has 0 aromatic carbocycles. The molecule has 0 heterocycles. The summed E-state index contributed by atoms with van der Waals surface area (Å²) in [7, 11) is 0. The van der Waals surface area contributed by atoms with Gasteiger partial charge >= 0.3 is 177 Å². The van der Waals surface area contributed by atoms with Crippen LogP contribution in [0.5, 0.6) is 0 Å². The smallest absolute Gasteiger partial charge is 0.550 e. The standard InChI is InChI=1S/C6H18N4.6C2H4O2.6Na/c7-1-3-9-5-6-10-4-2-8;6*1-2(3)4;;;;;;/h9-10H,1-8H2;6*1H3,(H,3,4);;;;;;/q;;;;;;;6*+1/p-6. The summed E-state index contributed by atoms with van der Waals surface area (Å²) < 4.78 is 0. The van der Waals surface area contributed by atoms with Crippen LogP contribution >= 0.6 is 0 Å². The number of carbonyl (C=O) groups excluding carboxylic acids is 6. The van der Waals surface area contributed by atoms with Crippen LogP contribution in [0.4, 0.5) is 0 Å². The van der Waals surface area contributed by atoms with Gasteiger partial charge < -0.3 is 81.5 Å². The second-order valence-corrected chi connectivity index (χ2v) is 5.03. The van der Waals surface area contributed by atoms with Crippen molar-refractivity contribution in [1.29, 1.82) is 0 Å². The normalized spacial score (nSPS) is 6.30. The molecule has 0 radical (unpaired) electrons. The van der Waals surface area contributed by atoms with Gasteiger partial charge in [-0.15, -0.1) is 0 Å². The molecule has 0 saturated carbocycles. The maximum atomic E-state index is 8.89. The Kier molecular flexibility index (Phi) is 176. The van der Waals surface area contributed by atoms with Crippen LogP contribution in [0.15, 0.2) is 0 Å². The number of carboxylic acids is 6. The van der Waals surface area contributed by atoms with Crippen molar-refractivity contribution < 1.29 is 237 Å². The van der Waals surface area contributed by atoms with Crippen molar-refractivity contribution in [3.05, 3.63) is 0 Å². The van der Waals surface area contributed by atoms with E-state index in [1.54, 1.807) is 0 Å². The second kappa shape index (κ2) is 83.8. The molecule has 0 rings (SSSR count). The summed E-state index contributed by atoms with van der Waals surface area (Å²) in [6.07, 6.45) is 0. The molecule has 0 amide bonds. The molecule has 0 aromatic heterocycles. The van der Waals surface area contributed by atoms with E-state index in [1.807, 2.05) is 0 Å². The third kappa shape index (κ3) is 685. The van der Waals surface area contributed by atoms with Gasteiger partial charge in [0.25, 0.3) is 0 Å². The molecule has 40 heavy (non-hydrogen) atoms. The minimum Gasteiger partial charge on any atom is -0.550 e.